The van der Waals surface area contributed by atoms with E-state index in [1.807, 2.05) is 0 Å². The quantitative estimate of drug-likeness (QED) is 0.306. The molecule has 4 rings (SSSR count). The Kier molecular flexibility index (Phi) is 6.88. The highest BCUT2D eigenvalue weighted by Gasteiger charge is 2.67. The van der Waals surface area contributed by atoms with Crippen molar-refractivity contribution in [1.29, 1.82) is 0 Å². The molecule has 0 heterocycles. The smallest absolute Gasteiger partial charge is 0.257 e. The predicted molar refractivity (Wildman–Crippen MR) is 129 cm³/mol. The summed E-state index contributed by atoms with van der Waals surface area (Å²) in [6.07, 6.45) is 0. The van der Waals surface area contributed by atoms with Gasteiger partial charge in [-0.1, -0.05) is 17.7 Å². The molecule has 0 saturated heterocycles. The second kappa shape index (κ2) is 9.41. The minimum Gasteiger partial charge on any atom is -0.326 e. The largest absolute Gasteiger partial charge is 0.326 e. The summed E-state index contributed by atoms with van der Waals surface area (Å²) in [5, 5.41) is 4.96. The van der Waals surface area contributed by atoms with Crippen LogP contribution in [0.4, 0.5) is 24.5 Å². The number of carbonyl (C=O) groups is 2. The lowest BCUT2D eigenvalue weighted by Crippen LogP contribution is -2.18. The molecule has 1 fully saturated rings. The third kappa shape index (κ3) is 4.91. The molecule has 2 amide bonds. The molecule has 0 aliphatic heterocycles. The summed E-state index contributed by atoms with van der Waals surface area (Å²) in [4.78, 5) is 25.5. The molecule has 2 atom stereocenters. The number of alkyl halides is 2. The van der Waals surface area contributed by atoms with Gasteiger partial charge in [0.05, 0.1) is 26.7 Å². The van der Waals surface area contributed by atoms with Gasteiger partial charge in [-0.15, -0.1) is 23.2 Å². The van der Waals surface area contributed by atoms with Crippen molar-refractivity contribution in [2.75, 3.05) is 10.6 Å². The molecule has 11 heteroatoms. The van der Waals surface area contributed by atoms with E-state index in [-0.39, 0.29) is 26.4 Å². The number of hydrogen-bond donors (Lipinski definition) is 2. The van der Waals surface area contributed by atoms with E-state index in [1.165, 1.54) is 30.3 Å². The Hall–Kier alpha value is -2.26. The summed E-state index contributed by atoms with van der Waals surface area (Å²) in [6, 6.07) is 11.2. The van der Waals surface area contributed by atoms with E-state index in [0.29, 0.717) is 11.6 Å². The summed E-state index contributed by atoms with van der Waals surface area (Å²) in [5.74, 6) is -5.11. The van der Waals surface area contributed by atoms with E-state index in [4.69, 9.17) is 34.8 Å². The average molecular weight is 593 g/mol. The normalized spacial score (nSPS) is 18.3. The zero-order chi connectivity index (χ0) is 24.8. The van der Waals surface area contributed by atoms with Crippen molar-refractivity contribution in [3.05, 3.63) is 92.7 Å². The summed E-state index contributed by atoms with van der Waals surface area (Å²) in [5.41, 5.74) is 0.362. The first-order valence-electron chi connectivity index (χ1n) is 9.68. The van der Waals surface area contributed by atoms with Gasteiger partial charge in [0.15, 0.2) is 0 Å². The van der Waals surface area contributed by atoms with Crippen LogP contribution >= 0.6 is 50.7 Å². The Morgan fingerprint density at radius 2 is 1.65 bits per heavy atom. The Labute approximate surface area is 215 Å². The van der Waals surface area contributed by atoms with E-state index in [9.17, 15) is 22.8 Å². The minimum atomic E-state index is -1.45. The highest BCUT2D eigenvalue weighted by atomic mass is 79.9. The molecular weight excluding hydrogens is 580 g/mol. The SMILES string of the molecule is O=C(Nc1ccc(F)cc1F)c1cc(NC(=O)[C@H]2C(c3ccc(Br)c(F)c3)C2(Cl)Cl)ccc1Cl. The Balaban J connectivity index is 1.51. The van der Waals surface area contributed by atoms with Crippen molar-refractivity contribution < 1.29 is 22.8 Å². The fourth-order valence-corrected chi connectivity index (χ4v) is 4.83. The first-order chi connectivity index (χ1) is 16.0. The molecule has 1 saturated carbocycles. The number of carbonyl (C=O) groups excluding carboxylic acids is 2. The van der Waals surface area contributed by atoms with Gasteiger partial charge < -0.3 is 10.6 Å². The van der Waals surface area contributed by atoms with Crippen LogP contribution in [0.15, 0.2) is 59.1 Å². The zero-order valence-corrected chi connectivity index (χ0v) is 20.7. The van der Waals surface area contributed by atoms with Gasteiger partial charge in [0.25, 0.3) is 5.91 Å². The van der Waals surface area contributed by atoms with Crippen LogP contribution in [-0.4, -0.2) is 16.1 Å². The zero-order valence-electron chi connectivity index (χ0n) is 16.8. The molecule has 0 spiro atoms. The highest BCUT2D eigenvalue weighted by Crippen LogP contribution is 2.65. The fourth-order valence-electron chi connectivity index (χ4n) is 3.55. The van der Waals surface area contributed by atoms with Gasteiger partial charge in [0, 0.05) is 17.7 Å². The van der Waals surface area contributed by atoms with Gasteiger partial charge in [-0.05, 0) is 64.0 Å². The second-order valence-electron chi connectivity index (χ2n) is 7.57. The number of nitrogens with one attached hydrogen (secondary N) is 2. The number of anilines is 2. The molecule has 0 aromatic heterocycles. The van der Waals surface area contributed by atoms with E-state index in [0.717, 1.165) is 12.1 Å². The van der Waals surface area contributed by atoms with Crippen LogP contribution in [-0.2, 0) is 4.79 Å². The Morgan fingerprint density at radius 3 is 2.32 bits per heavy atom. The summed E-state index contributed by atoms with van der Waals surface area (Å²) in [6.45, 7) is 0. The van der Waals surface area contributed by atoms with Gasteiger partial charge in [-0.3, -0.25) is 9.59 Å². The lowest BCUT2D eigenvalue weighted by Gasteiger charge is -2.11. The molecule has 1 aliphatic rings. The molecule has 2 N–H and O–H groups in total. The van der Waals surface area contributed by atoms with Gasteiger partial charge in [-0.25, -0.2) is 13.2 Å². The van der Waals surface area contributed by atoms with Crippen molar-refractivity contribution in [3.8, 4) is 0 Å². The van der Waals surface area contributed by atoms with E-state index in [1.54, 1.807) is 6.07 Å². The van der Waals surface area contributed by atoms with Crippen molar-refractivity contribution in [2.24, 2.45) is 5.92 Å². The summed E-state index contributed by atoms with van der Waals surface area (Å²) >= 11 is 21.8. The molecular formula is C23H13BrCl3F3N2O2. The van der Waals surface area contributed by atoms with Crippen LogP contribution in [0.5, 0.6) is 0 Å². The number of hydrogen-bond acceptors (Lipinski definition) is 2. The third-order valence-corrected chi connectivity index (χ3v) is 7.21. The molecule has 1 aliphatic carbocycles. The summed E-state index contributed by atoms with van der Waals surface area (Å²) in [7, 11) is 0. The van der Waals surface area contributed by atoms with Crippen LogP contribution < -0.4 is 10.6 Å². The van der Waals surface area contributed by atoms with Gasteiger partial charge in [0.1, 0.15) is 21.8 Å². The van der Waals surface area contributed by atoms with Crippen LogP contribution in [0, 0.1) is 23.4 Å². The Bertz CT molecular complexity index is 1320. The Morgan fingerprint density at radius 1 is 0.912 bits per heavy atom. The standard InChI is InChI=1S/C23H13BrCl3F3N2O2/c24-14-4-1-10(7-16(14)29)19-20(23(19,26)27)22(34)31-12-3-5-15(25)13(9-12)21(33)32-18-6-2-11(28)8-17(18)30/h1-9,19-20H,(H,31,34)(H,32,33)/t19?,20-/m1/s1. The maximum atomic E-state index is 13.9. The van der Waals surface area contributed by atoms with Crippen molar-refractivity contribution >= 4 is 73.9 Å². The molecule has 34 heavy (non-hydrogen) atoms. The van der Waals surface area contributed by atoms with Gasteiger partial charge >= 0.3 is 0 Å². The number of rotatable bonds is 5. The lowest BCUT2D eigenvalue weighted by molar-refractivity contribution is -0.117. The highest BCUT2D eigenvalue weighted by molar-refractivity contribution is 9.10. The second-order valence-corrected chi connectivity index (χ2v) is 10.3. The molecule has 3 aromatic carbocycles. The third-order valence-electron chi connectivity index (χ3n) is 5.30. The monoisotopic (exact) mass is 590 g/mol. The molecule has 3 aromatic rings. The average Bonchev–Trinajstić information content (AvgIpc) is 3.35. The van der Waals surface area contributed by atoms with Crippen LogP contribution in [0.1, 0.15) is 21.8 Å². The van der Waals surface area contributed by atoms with Crippen LogP contribution in [0.3, 0.4) is 0 Å². The van der Waals surface area contributed by atoms with Gasteiger partial charge in [-0.2, -0.15) is 0 Å². The molecule has 176 valence electrons. The molecule has 0 radical (unpaired) electrons. The van der Waals surface area contributed by atoms with Crippen molar-refractivity contribution in [1.82, 2.24) is 0 Å². The van der Waals surface area contributed by atoms with Crippen LogP contribution in [0.2, 0.25) is 5.02 Å². The maximum absolute atomic E-state index is 13.9. The van der Waals surface area contributed by atoms with Crippen LogP contribution in [0.25, 0.3) is 0 Å². The van der Waals surface area contributed by atoms with E-state index < -0.39 is 45.4 Å². The lowest BCUT2D eigenvalue weighted by atomic mass is 10.1. The first-order valence-corrected chi connectivity index (χ1v) is 11.6. The number of halogens is 7. The van der Waals surface area contributed by atoms with E-state index in [2.05, 4.69) is 26.6 Å². The van der Waals surface area contributed by atoms with Crippen molar-refractivity contribution in [3.63, 3.8) is 0 Å². The molecule has 0 bridgehead atoms. The minimum absolute atomic E-state index is 0.0386. The van der Waals surface area contributed by atoms with Crippen molar-refractivity contribution in [2.45, 2.75) is 10.3 Å². The topological polar surface area (TPSA) is 58.2 Å². The maximum Gasteiger partial charge on any atom is 0.257 e. The first kappa shape index (κ1) is 24.9. The number of amides is 2. The molecule has 1 unspecified atom stereocenters. The van der Waals surface area contributed by atoms with E-state index >= 15 is 0 Å². The summed E-state index contributed by atoms with van der Waals surface area (Å²) < 4.78 is 39.7. The molecule has 4 nitrogen and oxygen atoms in total. The number of benzene rings is 3. The fraction of sp³-hybridized carbons (Fsp3) is 0.130. The van der Waals surface area contributed by atoms with Gasteiger partial charge in [0.2, 0.25) is 5.91 Å². The predicted octanol–water partition coefficient (Wildman–Crippen LogP) is 7.30.